The first-order chi connectivity index (χ1) is 13.6. The predicted molar refractivity (Wildman–Crippen MR) is 108 cm³/mol. The lowest BCUT2D eigenvalue weighted by Crippen LogP contribution is -2.42. The third kappa shape index (κ3) is 3.61. The lowest BCUT2D eigenvalue weighted by Gasteiger charge is -2.38. The largest absolute Gasteiger partial charge is 0.481 e. The van der Waals surface area contributed by atoms with Gasteiger partial charge in [-0.15, -0.1) is 0 Å². The summed E-state index contributed by atoms with van der Waals surface area (Å²) in [5.41, 5.74) is 1.75. The molecule has 4 rings (SSSR count). The van der Waals surface area contributed by atoms with Crippen LogP contribution >= 0.6 is 0 Å². The van der Waals surface area contributed by atoms with Crippen LogP contribution in [0.1, 0.15) is 43.2 Å². The summed E-state index contributed by atoms with van der Waals surface area (Å²) in [7, 11) is 0. The van der Waals surface area contributed by atoms with Crippen molar-refractivity contribution in [3.8, 4) is 0 Å². The van der Waals surface area contributed by atoms with Crippen LogP contribution in [0.25, 0.3) is 0 Å². The van der Waals surface area contributed by atoms with Crippen LogP contribution in [0, 0.1) is 11.3 Å². The van der Waals surface area contributed by atoms with Crippen molar-refractivity contribution in [2.75, 3.05) is 25.0 Å². The maximum absolute atomic E-state index is 12.3. The average Bonchev–Trinajstić information content (AvgIpc) is 3.09. The number of nitrogens with one attached hydrogen (secondary N) is 1. The number of benzene rings is 1. The molecule has 6 heteroatoms. The van der Waals surface area contributed by atoms with Gasteiger partial charge in [0.05, 0.1) is 5.41 Å². The number of carboxylic acids is 1. The van der Waals surface area contributed by atoms with E-state index in [0.29, 0.717) is 25.0 Å². The van der Waals surface area contributed by atoms with Gasteiger partial charge in [-0.25, -0.2) is 9.97 Å². The molecule has 2 heterocycles. The molecule has 28 heavy (non-hydrogen) atoms. The van der Waals surface area contributed by atoms with E-state index in [4.69, 9.17) is 0 Å². The molecule has 1 aliphatic heterocycles. The molecule has 0 bridgehead atoms. The van der Waals surface area contributed by atoms with Crippen molar-refractivity contribution in [2.24, 2.45) is 11.3 Å². The van der Waals surface area contributed by atoms with E-state index in [1.165, 1.54) is 5.56 Å². The molecular formula is C22H28N4O2. The molecule has 0 unspecified atom stereocenters. The summed E-state index contributed by atoms with van der Waals surface area (Å²) in [5, 5.41) is 13.2. The van der Waals surface area contributed by atoms with Gasteiger partial charge >= 0.3 is 5.97 Å². The predicted octanol–water partition coefficient (Wildman–Crippen LogP) is 3.38. The number of likely N-dealkylation sites (tertiary alicyclic amines) is 1. The molecular weight excluding hydrogens is 352 g/mol. The molecule has 0 spiro atoms. The molecule has 148 valence electrons. The van der Waals surface area contributed by atoms with E-state index in [9.17, 15) is 9.90 Å². The molecule has 2 N–H and O–H groups in total. The Kier molecular flexibility index (Phi) is 5.31. The first-order valence-electron chi connectivity index (χ1n) is 10.2. The number of hydrogen-bond acceptors (Lipinski definition) is 5. The zero-order valence-electron chi connectivity index (χ0n) is 16.3. The fourth-order valence-corrected chi connectivity index (χ4v) is 5.00. The second-order valence-corrected chi connectivity index (χ2v) is 8.16. The topological polar surface area (TPSA) is 78.4 Å². The fraction of sp³-hybridized carbons (Fsp3) is 0.500. The summed E-state index contributed by atoms with van der Waals surface area (Å²) in [6.45, 7) is 4.94. The standard InChI is InChI=1S/C22H28N4O2/c1-2-23-21-24-11-16(12-25-21)13-26-14-19-10-18(17-6-4-3-5-7-17)8-9-22(19,15-26)20(27)28/h3-7,11-12,18-19H,2,8-10,13-15H2,1H3,(H,27,28)(H,23,24,25)/t18-,19-,22-/m0/s1. The van der Waals surface area contributed by atoms with Gasteiger partial charge in [0, 0.05) is 44.1 Å². The zero-order chi connectivity index (χ0) is 19.6. The lowest BCUT2D eigenvalue weighted by molar-refractivity contribution is -0.152. The van der Waals surface area contributed by atoms with Gasteiger partial charge in [-0.3, -0.25) is 9.69 Å². The van der Waals surface area contributed by atoms with Crippen LogP contribution in [-0.2, 0) is 11.3 Å². The van der Waals surface area contributed by atoms with Crippen molar-refractivity contribution in [1.82, 2.24) is 14.9 Å². The molecule has 1 aromatic heterocycles. The molecule has 2 aromatic rings. The van der Waals surface area contributed by atoms with Crippen molar-refractivity contribution in [1.29, 1.82) is 0 Å². The fourth-order valence-electron chi connectivity index (χ4n) is 5.00. The zero-order valence-corrected chi connectivity index (χ0v) is 16.3. The third-order valence-corrected chi connectivity index (χ3v) is 6.42. The van der Waals surface area contributed by atoms with Crippen LogP contribution in [-0.4, -0.2) is 45.6 Å². The maximum atomic E-state index is 12.3. The second-order valence-electron chi connectivity index (χ2n) is 8.16. The summed E-state index contributed by atoms with van der Waals surface area (Å²) in [5.74, 6) is 0.645. The van der Waals surface area contributed by atoms with Crippen molar-refractivity contribution in [2.45, 2.75) is 38.6 Å². The lowest BCUT2D eigenvalue weighted by atomic mass is 9.64. The highest BCUT2D eigenvalue weighted by Gasteiger charge is 2.54. The molecule has 1 aromatic carbocycles. The van der Waals surface area contributed by atoms with E-state index in [-0.39, 0.29) is 5.92 Å². The molecule has 1 saturated heterocycles. The summed E-state index contributed by atoms with van der Waals surface area (Å²) in [6, 6.07) is 10.5. The number of carboxylic acid groups (broad SMARTS) is 1. The Labute approximate surface area is 166 Å². The van der Waals surface area contributed by atoms with Crippen LogP contribution in [0.4, 0.5) is 5.95 Å². The van der Waals surface area contributed by atoms with Gasteiger partial charge in [0.25, 0.3) is 0 Å². The Morgan fingerprint density at radius 3 is 2.71 bits per heavy atom. The minimum absolute atomic E-state index is 0.186. The van der Waals surface area contributed by atoms with Gasteiger partial charge in [0.15, 0.2) is 0 Å². The number of fused-ring (bicyclic) bond motifs is 1. The number of carbonyl (C=O) groups is 1. The first-order valence-corrected chi connectivity index (χ1v) is 10.2. The van der Waals surface area contributed by atoms with Gasteiger partial charge in [-0.05, 0) is 43.6 Å². The monoisotopic (exact) mass is 380 g/mol. The smallest absolute Gasteiger partial charge is 0.311 e. The molecule has 0 amide bonds. The van der Waals surface area contributed by atoms with E-state index in [1.807, 2.05) is 25.4 Å². The van der Waals surface area contributed by atoms with Gasteiger partial charge in [-0.1, -0.05) is 30.3 Å². The SMILES string of the molecule is CCNc1ncc(CN2C[C@@H]3C[C@@H](c4ccccc4)CC[C@]3(C(=O)O)C2)cn1. The van der Waals surface area contributed by atoms with Gasteiger partial charge in [0.1, 0.15) is 0 Å². The minimum atomic E-state index is -0.634. The van der Waals surface area contributed by atoms with E-state index >= 15 is 0 Å². The van der Waals surface area contributed by atoms with Crippen molar-refractivity contribution in [3.63, 3.8) is 0 Å². The van der Waals surface area contributed by atoms with Crippen LogP contribution in [0.2, 0.25) is 0 Å². The normalized spacial score (nSPS) is 27.3. The quantitative estimate of drug-likeness (QED) is 0.800. The molecule has 1 aliphatic carbocycles. The van der Waals surface area contributed by atoms with E-state index in [0.717, 1.165) is 37.9 Å². The third-order valence-electron chi connectivity index (χ3n) is 6.42. The van der Waals surface area contributed by atoms with Crippen molar-refractivity contribution >= 4 is 11.9 Å². The maximum Gasteiger partial charge on any atom is 0.311 e. The number of anilines is 1. The molecule has 6 nitrogen and oxygen atoms in total. The van der Waals surface area contributed by atoms with Crippen molar-refractivity contribution < 1.29 is 9.90 Å². The Morgan fingerprint density at radius 2 is 2.04 bits per heavy atom. The Balaban J connectivity index is 1.47. The van der Waals surface area contributed by atoms with E-state index in [2.05, 4.69) is 44.5 Å². The number of aliphatic carboxylic acids is 1. The average molecular weight is 380 g/mol. The van der Waals surface area contributed by atoms with E-state index < -0.39 is 11.4 Å². The van der Waals surface area contributed by atoms with Crippen LogP contribution < -0.4 is 5.32 Å². The van der Waals surface area contributed by atoms with E-state index in [1.54, 1.807) is 0 Å². The molecule has 2 aliphatic rings. The number of aromatic nitrogens is 2. The molecule has 0 radical (unpaired) electrons. The Morgan fingerprint density at radius 1 is 1.29 bits per heavy atom. The summed E-state index contributed by atoms with van der Waals surface area (Å²) < 4.78 is 0. The number of nitrogens with zero attached hydrogens (tertiary/aromatic N) is 3. The summed E-state index contributed by atoms with van der Waals surface area (Å²) in [4.78, 5) is 23.2. The number of hydrogen-bond donors (Lipinski definition) is 2. The molecule has 2 fully saturated rings. The molecule has 3 atom stereocenters. The molecule has 1 saturated carbocycles. The Bertz CT molecular complexity index is 811. The second kappa shape index (κ2) is 7.87. The number of rotatable bonds is 6. The highest BCUT2D eigenvalue weighted by atomic mass is 16.4. The van der Waals surface area contributed by atoms with Gasteiger partial charge in [0.2, 0.25) is 5.95 Å². The summed E-state index contributed by atoms with van der Waals surface area (Å²) >= 11 is 0. The minimum Gasteiger partial charge on any atom is -0.481 e. The Hall–Kier alpha value is -2.47. The van der Waals surface area contributed by atoms with Crippen LogP contribution in [0.15, 0.2) is 42.7 Å². The highest BCUT2D eigenvalue weighted by Crippen LogP contribution is 2.51. The van der Waals surface area contributed by atoms with Gasteiger partial charge in [-0.2, -0.15) is 0 Å². The highest BCUT2D eigenvalue weighted by molar-refractivity contribution is 5.76. The van der Waals surface area contributed by atoms with Crippen LogP contribution in [0.3, 0.4) is 0 Å². The first kappa shape index (κ1) is 18.9. The summed E-state index contributed by atoms with van der Waals surface area (Å²) in [6.07, 6.45) is 6.32. The van der Waals surface area contributed by atoms with Gasteiger partial charge < -0.3 is 10.4 Å². The van der Waals surface area contributed by atoms with Crippen molar-refractivity contribution in [3.05, 3.63) is 53.9 Å². The van der Waals surface area contributed by atoms with Crippen LogP contribution in [0.5, 0.6) is 0 Å².